The summed E-state index contributed by atoms with van der Waals surface area (Å²) in [5.74, 6) is 1.26. The molecule has 5 nitrogen and oxygen atoms in total. The smallest absolute Gasteiger partial charge is 0.131 e. The first-order chi connectivity index (χ1) is 13.3. The second-order valence-corrected chi connectivity index (χ2v) is 6.91. The fraction of sp³-hybridized carbons (Fsp3) is 0.318. The molecule has 1 atom stereocenters. The third-order valence-corrected chi connectivity index (χ3v) is 5.24. The first-order valence-electron chi connectivity index (χ1n) is 9.36. The maximum absolute atomic E-state index is 5.54. The third kappa shape index (κ3) is 3.98. The lowest BCUT2D eigenvalue weighted by Crippen LogP contribution is -2.24. The van der Waals surface area contributed by atoms with Gasteiger partial charge in [-0.05, 0) is 47.7 Å². The molecule has 0 saturated carbocycles. The van der Waals surface area contributed by atoms with E-state index >= 15 is 0 Å². The number of ether oxygens (including phenoxy) is 1. The Morgan fingerprint density at radius 2 is 1.74 bits per heavy atom. The molecular weight excluding hydrogens is 336 g/mol. The van der Waals surface area contributed by atoms with E-state index in [1.807, 2.05) is 49.2 Å². The van der Waals surface area contributed by atoms with Gasteiger partial charge in [0.1, 0.15) is 5.82 Å². The van der Waals surface area contributed by atoms with Crippen LogP contribution in [0.5, 0.6) is 0 Å². The fourth-order valence-electron chi connectivity index (χ4n) is 3.80. The minimum absolute atomic E-state index is 0.191. The van der Waals surface area contributed by atoms with Crippen molar-refractivity contribution >= 4 is 5.82 Å². The molecule has 0 spiro atoms. The molecule has 0 N–H and O–H groups in total. The Bertz CT molecular complexity index is 817. The number of hydrogen-bond acceptors (Lipinski definition) is 5. The first-order valence-corrected chi connectivity index (χ1v) is 9.36. The summed E-state index contributed by atoms with van der Waals surface area (Å²) < 4.78 is 5.54. The summed E-state index contributed by atoms with van der Waals surface area (Å²) in [4.78, 5) is 15.7. The van der Waals surface area contributed by atoms with Crippen molar-refractivity contribution in [3.63, 3.8) is 0 Å². The lowest BCUT2D eigenvalue weighted by molar-refractivity contribution is 0.121. The quantitative estimate of drug-likeness (QED) is 0.674. The fourth-order valence-corrected chi connectivity index (χ4v) is 3.80. The minimum Gasteiger partial charge on any atom is -0.380 e. The summed E-state index contributed by atoms with van der Waals surface area (Å²) >= 11 is 0. The first kappa shape index (κ1) is 17.6. The van der Waals surface area contributed by atoms with Crippen molar-refractivity contribution in [1.82, 2.24) is 15.0 Å². The summed E-state index contributed by atoms with van der Waals surface area (Å²) in [6, 6.07) is 12.5. The highest BCUT2D eigenvalue weighted by atomic mass is 16.5. The third-order valence-electron chi connectivity index (χ3n) is 5.24. The number of anilines is 1. The van der Waals surface area contributed by atoms with Crippen molar-refractivity contribution in [3.8, 4) is 0 Å². The largest absolute Gasteiger partial charge is 0.380 e. The molecule has 0 aromatic carbocycles. The highest BCUT2D eigenvalue weighted by Crippen LogP contribution is 2.32. The van der Waals surface area contributed by atoms with E-state index in [4.69, 9.17) is 9.72 Å². The summed E-state index contributed by atoms with van der Waals surface area (Å²) in [7, 11) is 1.79. The molecule has 0 unspecified atom stereocenters. The molecule has 0 aliphatic carbocycles. The second-order valence-electron chi connectivity index (χ2n) is 6.91. The maximum Gasteiger partial charge on any atom is 0.131 e. The van der Waals surface area contributed by atoms with Crippen LogP contribution < -0.4 is 4.90 Å². The van der Waals surface area contributed by atoms with Crippen LogP contribution in [0.2, 0.25) is 0 Å². The van der Waals surface area contributed by atoms with Gasteiger partial charge in [0.05, 0.1) is 6.10 Å². The number of nitrogens with zero attached hydrogens (tertiary/aromatic N) is 4. The predicted molar refractivity (Wildman–Crippen MR) is 106 cm³/mol. The topological polar surface area (TPSA) is 51.1 Å². The zero-order valence-electron chi connectivity index (χ0n) is 15.5. The number of methoxy groups -OCH3 is 1. The van der Waals surface area contributed by atoms with Crippen molar-refractivity contribution in [2.24, 2.45) is 0 Å². The van der Waals surface area contributed by atoms with Crippen LogP contribution in [-0.4, -0.2) is 41.3 Å². The van der Waals surface area contributed by atoms with Gasteiger partial charge in [-0.25, -0.2) is 4.98 Å². The molecule has 0 amide bonds. The van der Waals surface area contributed by atoms with E-state index < -0.39 is 0 Å². The van der Waals surface area contributed by atoms with E-state index in [1.54, 1.807) is 7.11 Å². The van der Waals surface area contributed by atoms with Crippen LogP contribution in [0.1, 0.15) is 29.0 Å². The molecule has 1 aliphatic rings. The van der Waals surface area contributed by atoms with Crippen LogP contribution in [0.3, 0.4) is 0 Å². The zero-order valence-corrected chi connectivity index (χ0v) is 15.5. The highest BCUT2D eigenvalue weighted by molar-refractivity contribution is 5.49. The summed E-state index contributed by atoms with van der Waals surface area (Å²) in [6.07, 6.45) is 11.6. The molecule has 138 valence electrons. The SMILES string of the molecule is CO[C@H]1CCN(c2ncccc2CC(c2cccnc2)c2cccnc2)C1. The van der Waals surface area contributed by atoms with Gasteiger partial charge in [-0.15, -0.1) is 0 Å². The summed E-state index contributed by atoms with van der Waals surface area (Å²) in [5.41, 5.74) is 3.62. The van der Waals surface area contributed by atoms with E-state index in [9.17, 15) is 0 Å². The lowest BCUT2D eigenvalue weighted by atomic mass is 9.87. The molecular formula is C22H24N4O. The number of aromatic nitrogens is 3. The molecule has 3 aromatic rings. The molecule has 3 aromatic heterocycles. The molecule has 4 rings (SSSR count). The summed E-state index contributed by atoms with van der Waals surface area (Å²) in [6.45, 7) is 1.87. The van der Waals surface area contributed by atoms with Crippen LogP contribution in [0, 0.1) is 0 Å². The Kier molecular flexibility index (Phi) is 5.39. The normalized spacial score (nSPS) is 16.8. The van der Waals surface area contributed by atoms with E-state index in [1.165, 1.54) is 16.7 Å². The van der Waals surface area contributed by atoms with E-state index in [2.05, 4.69) is 33.1 Å². The van der Waals surface area contributed by atoms with Gasteiger partial charge in [0.15, 0.2) is 0 Å². The van der Waals surface area contributed by atoms with Gasteiger partial charge in [-0.3, -0.25) is 9.97 Å². The Labute approximate surface area is 160 Å². The predicted octanol–water partition coefficient (Wildman–Crippen LogP) is 3.47. The second kappa shape index (κ2) is 8.27. The maximum atomic E-state index is 5.54. The molecule has 4 heterocycles. The van der Waals surface area contributed by atoms with Crippen molar-refractivity contribution in [3.05, 3.63) is 84.1 Å². The van der Waals surface area contributed by atoms with Crippen LogP contribution in [0.25, 0.3) is 0 Å². The van der Waals surface area contributed by atoms with Gasteiger partial charge in [0, 0.05) is 57.1 Å². The lowest BCUT2D eigenvalue weighted by Gasteiger charge is -2.23. The number of rotatable bonds is 6. The van der Waals surface area contributed by atoms with Gasteiger partial charge in [0.25, 0.3) is 0 Å². The van der Waals surface area contributed by atoms with Crippen LogP contribution in [-0.2, 0) is 11.2 Å². The van der Waals surface area contributed by atoms with Crippen molar-refractivity contribution < 1.29 is 4.74 Å². The average molecular weight is 360 g/mol. The Balaban J connectivity index is 1.66. The van der Waals surface area contributed by atoms with Crippen molar-refractivity contribution in [1.29, 1.82) is 0 Å². The minimum atomic E-state index is 0.191. The molecule has 27 heavy (non-hydrogen) atoms. The Hall–Kier alpha value is -2.79. The van der Waals surface area contributed by atoms with Crippen LogP contribution >= 0.6 is 0 Å². The molecule has 0 radical (unpaired) electrons. The van der Waals surface area contributed by atoms with Crippen LogP contribution in [0.4, 0.5) is 5.82 Å². The highest BCUT2D eigenvalue weighted by Gasteiger charge is 2.26. The van der Waals surface area contributed by atoms with Crippen LogP contribution in [0.15, 0.2) is 67.4 Å². The Morgan fingerprint density at radius 1 is 1.04 bits per heavy atom. The van der Waals surface area contributed by atoms with E-state index in [0.29, 0.717) is 0 Å². The summed E-state index contributed by atoms with van der Waals surface area (Å²) in [5, 5.41) is 0. The molecule has 1 saturated heterocycles. The average Bonchev–Trinajstić information content (AvgIpc) is 3.23. The van der Waals surface area contributed by atoms with E-state index in [-0.39, 0.29) is 12.0 Å². The number of pyridine rings is 3. The Morgan fingerprint density at radius 3 is 2.33 bits per heavy atom. The van der Waals surface area contributed by atoms with Gasteiger partial charge < -0.3 is 9.64 Å². The molecule has 1 aliphatic heterocycles. The van der Waals surface area contributed by atoms with Gasteiger partial charge >= 0.3 is 0 Å². The van der Waals surface area contributed by atoms with Crippen molar-refractivity contribution in [2.75, 3.05) is 25.1 Å². The van der Waals surface area contributed by atoms with E-state index in [0.717, 1.165) is 31.7 Å². The molecule has 0 bridgehead atoms. The standard InChI is InChI=1S/C22H24N4O/c1-27-20-8-12-26(16-20)22-17(5-4-11-25-22)13-21(18-6-2-9-23-14-18)19-7-3-10-24-15-19/h2-7,9-11,14-15,20-21H,8,12-13,16H2,1H3/t20-/m0/s1. The molecule has 5 heteroatoms. The zero-order chi connectivity index (χ0) is 18.5. The molecule has 1 fully saturated rings. The monoisotopic (exact) mass is 360 g/mol. The van der Waals surface area contributed by atoms with Gasteiger partial charge in [-0.1, -0.05) is 18.2 Å². The van der Waals surface area contributed by atoms with Gasteiger partial charge in [-0.2, -0.15) is 0 Å². The number of hydrogen-bond donors (Lipinski definition) is 0. The van der Waals surface area contributed by atoms with Crippen molar-refractivity contribution in [2.45, 2.75) is 24.9 Å². The van der Waals surface area contributed by atoms with Gasteiger partial charge in [0.2, 0.25) is 0 Å².